The number of methoxy groups -OCH3 is 1. The van der Waals surface area contributed by atoms with Crippen molar-refractivity contribution in [1.29, 1.82) is 0 Å². The molecule has 1 unspecified atom stereocenters. The minimum absolute atomic E-state index is 0.170. The van der Waals surface area contributed by atoms with Gasteiger partial charge in [-0.1, -0.05) is 12.1 Å². The maximum Gasteiger partial charge on any atom is 0.243 e. The first kappa shape index (κ1) is 18.1. The van der Waals surface area contributed by atoms with Gasteiger partial charge in [0.1, 0.15) is 22.0 Å². The van der Waals surface area contributed by atoms with Gasteiger partial charge in [0.05, 0.1) is 18.5 Å². The van der Waals surface area contributed by atoms with Crippen LogP contribution in [0.15, 0.2) is 56.1 Å². The van der Waals surface area contributed by atoms with Crippen molar-refractivity contribution < 1.29 is 13.2 Å². The number of fused-ring (bicyclic) bond motifs is 1. The molecule has 4 rings (SSSR count). The molecular formula is C18H20N4O3S2. The van der Waals surface area contributed by atoms with Gasteiger partial charge in [-0.2, -0.15) is 8.73 Å². The van der Waals surface area contributed by atoms with Crippen molar-refractivity contribution in [3.8, 4) is 5.75 Å². The lowest BCUT2D eigenvalue weighted by Gasteiger charge is -2.34. The molecule has 2 aromatic carbocycles. The smallest absolute Gasteiger partial charge is 0.243 e. The Bertz CT molecular complexity index is 1030. The average Bonchev–Trinajstić information content (AvgIpc) is 3.16. The van der Waals surface area contributed by atoms with Gasteiger partial charge in [0.15, 0.2) is 0 Å². The predicted octanol–water partition coefficient (Wildman–Crippen LogP) is 3.37. The number of hydrogen-bond donors (Lipinski definition) is 1. The molecule has 0 bridgehead atoms. The Morgan fingerprint density at radius 2 is 2.07 bits per heavy atom. The predicted molar refractivity (Wildman–Crippen MR) is 107 cm³/mol. The molecule has 1 saturated heterocycles. The van der Waals surface area contributed by atoms with E-state index in [1.54, 1.807) is 25.3 Å². The van der Waals surface area contributed by atoms with Crippen molar-refractivity contribution in [2.45, 2.75) is 23.8 Å². The van der Waals surface area contributed by atoms with Crippen LogP contribution in [0, 0.1) is 0 Å². The molecule has 1 atom stereocenters. The van der Waals surface area contributed by atoms with Gasteiger partial charge in [-0.25, -0.2) is 13.1 Å². The lowest BCUT2D eigenvalue weighted by molar-refractivity contribution is 0.414. The molecule has 9 heteroatoms. The monoisotopic (exact) mass is 404 g/mol. The molecule has 2 heterocycles. The Balaban J connectivity index is 1.52. The van der Waals surface area contributed by atoms with Gasteiger partial charge in [0.2, 0.25) is 10.0 Å². The highest BCUT2D eigenvalue weighted by Crippen LogP contribution is 2.37. The van der Waals surface area contributed by atoms with Crippen LogP contribution in [0.4, 0.5) is 17.1 Å². The quantitative estimate of drug-likeness (QED) is 0.707. The minimum atomic E-state index is -3.67. The molecule has 0 amide bonds. The van der Waals surface area contributed by atoms with Crippen LogP contribution >= 0.6 is 0 Å². The SMILES string of the molecule is COc1cccc(N2CCCC(NS(=O)(=O)c3cccc4c3N=S=N4)C2)c1. The van der Waals surface area contributed by atoms with Gasteiger partial charge < -0.3 is 9.64 Å². The Labute approximate surface area is 162 Å². The number of rotatable bonds is 5. The lowest BCUT2D eigenvalue weighted by atomic mass is 10.1. The molecular weight excluding hydrogens is 384 g/mol. The number of anilines is 1. The zero-order valence-electron chi connectivity index (χ0n) is 14.8. The summed E-state index contributed by atoms with van der Waals surface area (Å²) >= 11 is 1.02. The van der Waals surface area contributed by atoms with Crippen LogP contribution in [0.5, 0.6) is 5.75 Å². The highest BCUT2D eigenvalue weighted by molar-refractivity contribution is 7.89. The average molecular weight is 405 g/mol. The van der Waals surface area contributed by atoms with Crippen molar-refractivity contribution in [2.24, 2.45) is 8.73 Å². The van der Waals surface area contributed by atoms with E-state index in [1.807, 2.05) is 24.3 Å². The first-order chi connectivity index (χ1) is 13.1. The molecule has 0 aromatic heterocycles. The van der Waals surface area contributed by atoms with Gasteiger partial charge in [-0.15, -0.1) is 0 Å². The van der Waals surface area contributed by atoms with E-state index in [0.717, 1.165) is 42.2 Å². The summed E-state index contributed by atoms with van der Waals surface area (Å²) < 4.78 is 42.3. The molecule has 0 saturated carbocycles. The third kappa shape index (κ3) is 3.76. The highest BCUT2D eigenvalue weighted by atomic mass is 32.2. The maximum absolute atomic E-state index is 12.9. The van der Waals surface area contributed by atoms with Gasteiger partial charge >= 0.3 is 0 Å². The van der Waals surface area contributed by atoms with E-state index in [1.165, 1.54) is 0 Å². The molecule has 2 aliphatic rings. The molecule has 2 aromatic rings. The Kier molecular flexibility index (Phi) is 4.98. The third-order valence-electron chi connectivity index (χ3n) is 4.70. The van der Waals surface area contributed by atoms with E-state index in [9.17, 15) is 8.42 Å². The second-order valence-corrected chi connectivity index (χ2v) is 8.71. The van der Waals surface area contributed by atoms with Crippen molar-refractivity contribution in [3.63, 3.8) is 0 Å². The molecule has 0 radical (unpaired) electrons. The Morgan fingerprint density at radius 1 is 1.22 bits per heavy atom. The molecule has 0 spiro atoms. The number of nitrogens with one attached hydrogen (secondary N) is 1. The van der Waals surface area contributed by atoms with Crippen LogP contribution in [-0.2, 0) is 21.4 Å². The zero-order chi connectivity index (χ0) is 18.9. The Morgan fingerprint density at radius 3 is 2.93 bits per heavy atom. The second kappa shape index (κ2) is 7.41. The summed E-state index contributed by atoms with van der Waals surface area (Å²) in [6.45, 7) is 1.49. The largest absolute Gasteiger partial charge is 0.497 e. The van der Waals surface area contributed by atoms with Crippen LogP contribution in [0.2, 0.25) is 0 Å². The molecule has 27 heavy (non-hydrogen) atoms. The van der Waals surface area contributed by atoms with Crippen molar-refractivity contribution >= 4 is 38.4 Å². The third-order valence-corrected chi connectivity index (χ3v) is 6.79. The van der Waals surface area contributed by atoms with E-state index in [0.29, 0.717) is 17.9 Å². The van der Waals surface area contributed by atoms with E-state index >= 15 is 0 Å². The zero-order valence-corrected chi connectivity index (χ0v) is 16.5. The summed E-state index contributed by atoms with van der Waals surface area (Å²) in [4.78, 5) is 2.37. The van der Waals surface area contributed by atoms with Crippen molar-refractivity contribution in [1.82, 2.24) is 4.72 Å². The number of benzene rings is 2. The van der Waals surface area contributed by atoms with Gasteiger partial charge in [0.25, 0.3) is 0 Å². The number of nitrogens with zero attached hydrogens (tertiary/aromatic N) is 3. The van der Waals surface area contributed by atoms with Crippen LogP contribution < -0.4 is 14.4 Å². The summed E-state index contributed by atoms with van der Waals surface area (Å²) in [5, 5.41) is 0. The van der Waals surface area contributed by atoms with E-state index in [-0.39, 0.29) is 10.9 Å². The normalized spacial score (nSPS) is 18.9. The summed E-state index contributed by atoms with van der Waals surface area (Å²) in [6.07, 6.45) is 1.71. The fraction of sp³-hybridized carbons (Fsp3) is 0.333. The summed E-state index contributed by atoms with van der Waals surface area (Å²) in [7, 11) is -2.03. The molecule has 142 valence electrons. The van der Waals surface area contributed by atoms with Crippen LogP contribution in [-0.4, -0.2) is 34.7 Å². The minimum Gasteiger partial charge on any atom is -0.497 e. The van der Waals surface area contributed by atoms with E-state index < -0.39 is 10.0 Å². The summed E-state index contributed by atoms with van der Waals surface area (Å²) in [5.41, 5.74) is 2.06. The van der Waals surface area contributed by atoms with Gasteiger partial charge in [-0.3, -0.25) is 0 Å². The highest BCUT2D eigenvalue weighted by Gasteiger charge is 2.28. The van der Waals surface area contributed by atoms with Crippen molar-refractivity contribution in [3.05, 3.63) is 42.5 Å². The molecule has 1 N–H and O–H groups in total. The standard InChI is InChI=1S/C18H20N4O3S2/c1-25-15-7-2-6-14(11-15)22-10-4-5-13(12-22)21-27(23,24)17-9-3-8-16-18(17)20-26-19-16/h2-3,6-9,11,13,21H,4-5,10,12H2,1H3. The number of hydrogen-bond acceptors (Lipinski definition) is 6. The summed E-state index contributed by atoms with van der Waals surface area (Å²) in [6, 6.07) is 12.7. The fourth-order valence-electron chi connectivity index (χ4n) is 3.40. The van der Waals surface area contributed by atoms with Gasteiger partial charge in [-0.05, 0) is 37.1 Å². The second-order valence-electron chi connectivity index (χ2n) is 6.50. The molecule has 2 aliphatic heterocycles. The maximum atomic E-state index is 12.9. The van der Waals surface area contributed by atoms with Crippen LogP contribution in [0.25, 0.3) is 0 Å². The topological polar surface area (TPSA) is 83.4 Å². The van der Waals surface area contributed by atoms with Crippen molar-refractivity contribution in [2.75, 3.05) is 25.1 Å². The fourth-order valence-corrected chi connectivity index (χ4v) is 5.42. The first-order valence-electron chi connectivity index (χ1n) is 8.69. The first-order valence-corrected chi connectivity index (χ1v) is 10.9. The molecule has 0 aliphatic carbocycles. The number of ether oxygens (including phenoxy) is 1. The number of sulfonamides is 1. The van der Waals surface area contributed by atoms with Gasteiger partial charge in [0, 0.05) is 30.9 Å². The van der Waals surface area contributed by atoms with Crippen LogP contribution in [0.3, 0.4) is 0 Å². The molecule has 7 nitrogen and oxygen atoms in total. The number of piperidine rings is 1. The lowest BCUT2D eigenvalue weighted by Crippen LogP contribution is -2.47. The van der Waals surface area contributed by atoms with Crippen LogP contribution in [0.1, 0.15) is 12.8 Å². The summed E-state index contributed by atoms with van der Waals surface area (Å²) in [5.74, 6) is 0.790. The van der Waals surface area contributed by atoms with E-state index in [4.69, 9.17) is 4.74 Å². The molecule has 1 fully saturated rings. The van der Waals surface area contributed by atoms with E-state index in [2.05, 4.69) is 18.3 Å². The Hall–Kier alpha value is -2.23.